The predicted octanol–water partition coefficient (Wildman–Crippen LogP) is 3.91. The van der Waals surface area contributed by atoms with Crippen molar-refractivity contribution in [2.45, 2.75) is 32.3 Å². The molecule has 0 aliphatic carbocycles. The number of rotatable bonds is 8. The lowest BCUT2D eigenvalue weighted by Crippen LogP contribution is -2.40. The third-order valence-electron chi connectivity index (χ3n) is 4.57. The van der Waals surface area contributed by atoms with Gasteiger partial charge in [-0.2, -0.15) is 0 Å². The van der Waals surface area contributed by atoms with Crippen LogP contribution in [0.2, 0.25) is 0 Å². The van der Waals surface area contributed by atoms with E-state index in [1.165, 1.54) is 6.26 Å². The number of hydrogen-bond donors (Lipinski definition) is 0. The van der Waals surface area contributed by atoms with E-state index in [0.29, 0.717) is 25.4 Å². The molecule has 1 aliphatic rings. The van der Waals surface area contributed by atoms with Crippen molar-refractivity contribution in [2.24, 2.45) is 5.92 Å². The summed E-state index contributed by atoms with van der Waals surface area (Å²) in [6, 6.07) is 20.0. The van der Waals surface area contributed by atoms with Gasteiger partial charge in [-0.3, -0.25) is 4.79 Å². The largest absolute Gasteiger partial charge is 0.495 e. The molecule has 0 unspecified atom stereocenters. The molecular weight excluding hydrogens is 328 g/mol. The second kappa shape index (κ2) is 9.32. The molecule has 2 aromatic carbocycles. The van der Waals surface area contributed by atoms with E-state index in [0.717, 1.165) is 17.4 Å². The van der Waals surface area contributed by atoms with Crippen molar-refractivity contribution in [1.82, 2.24) is 0 Å². The molecule has 0 aromatic heterocycles. The fourth-order valence-corrected chi connectivity index (χ4v) is 3.02. The van der Waals surface area contributed by atoms with Gasteiger partial charge in [0.05, 0.1) is 37.8 Å². The minimum atomic E-state index is -0.299. The molecule has 1 aliphatic heterocycles. The highest BCUT2D eigenvalue weighted by Crippen LogP contribution is 2.27. The molecule has 0 spiro atoms. The Balaban J connectivity index is 1.56. The minimum absolute atomic E-state index is 0.0136. The summed E-state index contributed by atoms with van der Waals surface area (Å²) in [7, 11) is 0. The summed E-state index contributed by atoms with van der Waals surface area (Å²) < 4.78 is 17.6. The Morgan fingerprint density at radius 2 is 1.58 bits per heavy atom. The highest BCUT2D eigenvalue weighted by atomic mass is 16.5. The van der Waals surface area contributed by atoms with Crippen LogP contribution in [-0.4, -0.2) is 25.1 Å². The molecule has 3 rings (SSSR count). The van der Waals surface area contributed by atoms with Gasteiger partial charge in [0.1, 0.15) is 6.10 Å². The molecular formula is C22H24O4. The molecule has 136 valence electrons. The van der Waals surface area contributed by atoms with Gasteiger partial charge < -0.3 is 14.2 Å². The first-order valence-electron chi connectivity index (χ1n) is 8.86. The van der Waals surface area contributed by atoms with Crippen molar-refractivity contribution in [3.63, 3.8) is 0 Å². The zero-order chi connectivity index (χ0) is 18.2. The molecule has 0 radical (unpaired) electrons. The van der Waals surface area contributed by atoms with Gasteiger partial charge in [-0.15, -0.1) is 0 Å². The first-order valence-corrected chi connectivity index (χ1v) is 8.86. The Labute approximate surface area is 154 Å². The van der Waals surface area contributed by atoms with Gasteiger partial charge in [0.15, 0.2) is 6.29 Å². The van der Waals surface area contributed by atoms with E-state index >= 15 is 0 Å². The second-order valence-electron chi connectivity index (χ2n) is 6.49. The molecule has 0 fully saturated rings. The number of aldehydes is 1. The van der Waals surface area contributed by atoms with Crippen molar-refractivity contribution in [1.29, 1.82) is 0 Å². The average Bonchev–Trinajstić information content (AvgIpc) is 2.69. The molecule has 4 nitrogen and oxygen atoms in total. The van der Waals surface area contributed by atoms with Crippen LogP contribution in [0.1, 0.15) is 18.1 Å². The van der Waals surface area contributed by atoms with E-state index in [4.69, 9.17) is 14.2 Å². The summed E-state index contributed by atoms with van der Waals surface area (Å²) in [5.41, 5.74) is 2.73. The van der Waals surface area contributed by atoms with Gasteiger partial charge in [-0.1, -0.05) is 67.6 Å². The monoisotopic (exact) mass is 352 g/mol. The van der Waals surface area contributed by atoms with Crippen molar-refractivity contribution in [3.8, 4) is 0 Å². The lowest BCUT2D eigenvalue weighted by molar-refractivity contribution is -0.111. The van der Waals surface area contributed by atoms with E-state index in [9.17, 15) is 4.79 Å². The van der Waals surface area contributed by atoms with E-state index in [1.807, 2.05) is 67.6 Å². The molecule has 0 saturated carbocycles. The highest BCUT2D eigenvalue weighted by Gasteiger charge is 2.34. The molecule has 0 N–H and O–H groups in total. The first kappa shape index (κ1) is 18.4. The number of benzene rings is 2. The Morgan fingerprint density at radius 1 is 0.962 bits per heavy atom. The third-order valence-corrected chi connectivity index (χ3v) is 4.57. The van der Waals surface area contributed by atoms with Crippen LogP contribution in [0.4, 0.5) is 0 Å². The van der Waals surface area contributed by atoms with Crippen molar-refractivity contribution in [3.05, 3.63) is 83.6 Å². The fraction of sp³-hybridized carbons (Fsp3) is 0.318. The maximum Gasteiger partial charge on any atom is 0.151 e. The molecule has 2 aromatic rings. The van der Waals surface area contributed by atoms with E-state index in [1.54, 1.807) is 0 Å². The summed E-state index contributed by atoms with van der Waals surface area (Å²) in [6.45, 7) is 3.47. The maximum absolute atomic E-state index is 11.4. The topological polar surface area (TPSA) is 44.8 Å². The van der Waals surface area contributed by atoms with Gasteiger partial charge in [-0.25, -0.2) is 0 Å². The summed E-state index contributed by atoms with van der Waals surface area (Å²) in [4.78, 5) is 11.4. The van der Waals surface area contributed by atoms with Crippen LogP contribution in [0.25, 0.3) is 0 Å². The zero-order valence-electron chi connectivity index (χ0n) is 14.9. The Hall–Kier alpha value is -2.43. The Morgan fingerprint density at radius 3 is 2.19 bits per heavy atom. The van der Waals surface area contributed by atoms with Gasteiger partial charge in [0.25, 0.3) is 0 Å². The lowest BCUT2D eigenvalue weighted by atomic mass is 9.91. The normalized spacial score (nSPS) is 22.3. The molecule has 0 bridgehead atoms. The van der Waals surface area contributed by atoms with Crippen LogP contribution in [0, 0.1) is 5.92 Å². The van der Waals surface area contributed by atoms with Gasteiger partial charge >= 0.3 is 0 Å². The Kier molecular flexibility index (Phi) is 6.58. The van der Waals surface area contributed by atoms with Crippen LogP contribution in [0.5, 0.6) is 0 Å². The van der Waals surface area contributed by atoms with Gasteiger partial charge in [0.2, 0.25) is 0 Å². The average molecular weight is 352 g/mol. The molecule has 4 heteroatoms. The molecule has 0 amide bonds. The van der Waals surface area contributed by atoms with Crippen molar-refractivity contribution in [2.75, 3.05) is 6.61 Å². The van der Waals surface area contributed by atoms with E-state index < -0.39 is 0 Å². The maximum atomic E-state index is 11.4. The number of carbonyl (C=O) groups excluding carboxylic acids is 1. The zero-order valence-corrected chi connectivity index (χ0v) is 14.9. The summed E-state index contributed by atoms with van der Waals surface area (Å²) >= 11 is 0. The van der Waals surface area contributed by atoms with Crippen LogP contribution >= 0.6 is 0 Å². The molecule has 26 heavy (non-hydrogen) atoms. The Bertz CT molecular complexity index is 711. The summed E-state index contributed by atoms with van der Waals surface area (Å²) in [5, 5.41) is 0. The number of carbonyl (C=O) groups is 1. The second-order valence-corrected chi connectivity index (χ2v) is 6.49. The molecule has 0 saturated heterocycles. The van der Waals surface area contributed by atoms with Crippen LogP contribution in [0.3, 0.4) is 0 Å². The van der Waals surface area contributed by atoms with Crippen molar-refractivity contribution < 1.29 is 19.0 Å². The van der Waals surface area contributed by atoms with E-state index in [2.05, 4.69) is 0 Å². The summed E-state index contributed by atoms with van der Waals surface area (Å²) in [5.74, 6) is 0.0136. The number of hydrogen-bond acceptors (Lipinski definition) is 4. The predicted molar refractivity (Wildman–Crippen MR) is 99.3 cm³/mol. The summed E-state index contributed by atoms with van der Waals surface area (Å²) in [6.07, 6.45) is 1.88. The highest BCUT2D eigenvalue weighted by molar-refractivity contribution is 5.74. The van der Waals surface area contributed by atoms with Crippen molar-refractivity contribution >= 4 is 6.29 Å². The first-order chi connectivity index (χ1) is 12.8. The quantitative estimate of drug-likeness (QED) is 0.676. The molecule has 1 heterocycles. The smallest absolute Gasteiger partial charge is 0.151 e. The third kappa shape index (κ3) is 4.81. The van der Waals surface area contributed by atoms with Crippen LogP contribution < -0.4 is 0 Å². The van der Waals surface area contributed by atoms with Gasteiger partial charge in [0, 0.05) is 5.92 Å². The van der Waals surface area contributed by atoms with E-state index in [-0.39, 0.29) is 18.1 Å². The lowest BCUT2D eigenvalue weighted by Gasteiger charge is -2.34. The standard InChI is InChI=1S/C22H24O4/c1-17-21(16-24-13-18-8-4-2-5-9-18)25-15-20(12-23)22(17)26-14-19-10-6-3-7-11-19/h2-12,15,17,21-22H,13-14,16H2,1H3/t17-,21+,22-/m0/s1. The number of ether oxygens (including phenoxy) is 3. The van der Waals surface area contributed by atoms with Crippen LogP contribution in [0.15, 0.2) is 72.5 Å². The minimum Gasteiger partial charge on any atom is -0.495 e. The fourth-order valence-electron chi connectivity index (χ4n) is 3.02. The molecule has 3 atom stereocenters. The SMILES string of the molecule is C[C@@H]1[C@H](OCc2ccccc2)C(C=O)=CO[C@@H]1COCc1ccccc1. The van der Waals surface area contributed by atoms with Crippen LogP contribution in [-0.2, 0) is 32.2 Å². The van der Waals surface area contributed by atoms with Gasteiger partial charge in [-0.05, 0) is 11.1 Å².